The molecule has 0 radical (unpaired) electrons. The smallest absolute Gasteiger partial charge is 0.343 e. The Bertz CT molecular complexity index is 1260. The first-order chi connectivity index (χ1) is 15.6. The summed E-state index contributed by atoms with van der Waals surface area (Å²) in [5, 5.41) is 4.52. The second-order valence-corrected chi connectivity index (χ2v) is 9.19. The number of rotatable bonds is 7. The average Bonchev–Trinajstić information content (AvgIpc) is 3.21. The molecule has 4 aromatic rings. The fraction of sp³-hybridized carbons (Fsp3) is 0.0435. The molecule has 0 aliphatic rings. The quantitative estimate of drug-likeness (QED) is 0.125. The number of aromatic nitrogens is 1. The van der Waals surface area contributed by atoms with Crippen LogP contribution in [0.4, 0.5) is 0 Å². The summed E-state index contributed by atoms with van der Waals surface area (Å²) in [6.07, 6.45) is 1.49. The molecule has 0 aliphatic heterocycles. The summed E-state index contributed by atoms with van der Waals surface area (Å²) in [5.74, 6) is -0.158. The summed E-state index contributed by atoms with van der Waals surface area (Å²) in [6, 6.07) is 21.1. The summed E-state index contributed by atoms with van der Waals surface area (Å²) in [6.45, 7) is 0. The van der Waals surface area contributed by atoms with Gasteiger partial charge in [-0.25, -0.2) is 15.2 Å². The Morgan fingerprint density at radius 2 is 1.91 bits per heavy atom. The van der Waals surface area contributed by atoms with Crippen LogP contribution in [0.15, 0.2) is 82.2 Å². The van der Waals surface area contributed by atoms with Crippen molar-refractivity contribution in [3.8, 4) is 5.75 Å². The highest BCUT2D eigenvalue weighted by Gasteiger charge is 2.09. The maximum atomic E-state index is 12.2. The van der Waals surface area contributed by atoms with Crippen LogP contribution in [0.1, 0.15) is 15.9 Å². The van der Waals surface area contributed by atoms with Gasteiger partial charge in [-0.2, -0.15) is 5.10 Å². The molecule has 1 heterocycles. The second-order valence-electron chi connectivity index (χ2n) is 6.50. The van der Waals surface area contributed by atoms with E-state index in [2.05, 4.69) is 15.5 Å². The van der Waals surface area contributed by atoms with Crippen molar-refractivity contribution in [3.05, 3.63) is 88.9 Å². The molecule has 9 heteroatoms. The van der Waals surface area contributed by atoms with Crippen molar-refractivity contribution in [2.45, 2.75) is 4.34 Å². The molecule has 0 fully saturated rings. The molecule has 0 aliphatic carbocycles. The lowest BCUT2D eigenvalue weighted by Gasteiger charge is -2.05. The van der Waals surface area contributed by atoms with E-state index in [0.29, 0.717) is 21.9 Å². The predicted octanol–water partition coefficient (Wildman–Crippen LogP) is 5.41. The number of para-hydroxylation sites is 1. The number of halogens is 1. The first kappa shape index (κ1) is 22.0. The van der Waals surface area contributed by atoms with E-state index in [4.69, 9.17) is 16.3 Å². The molecule has 6 nitrogen and oxygen atoms in total. The van der Waals surface area contributed by atoms with Crippen LogP contribution in [-0.2, 0) is 4.79 Å². The van der Waals surface area contributed by atoms with Gasteiger partial charge in [0.05, 0.1) is 27.7 Å². The largest absolute Gasteiger partial charge is 0.423 e. The molecule has 4 rings (SSSR count). The van der Waals surface area contributed by atoms with Gasteiger partial charge >= 0.3 is 5.97 Å². The standard InChI is InChI=1S/C23H16ClN3O3S2/c24-17-10-8-16(9-11-17)22(29)30-18-5-3-4-15(12-18)13-25-27-21(28)14-31-23-26-19-6-1-2-7-20(19)32-23/h1-13H,14H2,(H,27,28)/b25-13-. The van der Waals surface area contributed by atoms with Crippen molar-refractivity contribution >= 4 is 63.0 Å². The first-order valence-corrected chi connectivity index (χ1v) is 11.6. The van der Waals surface area contributed by atoms with Gasteiger partial charge in [-0.05, 0) is 54.1 Å². The summed E-state index contributed by atoms with van der Waals surface area (Å²) >= 11 is 8.75. The van der Waals surface area contributed by atoms with E-state index >= 15 is 0 Å². The number of carbonyl (C=O) groups excluding carboxylic acids is 2. The van der Waals surface area contributed by atoms with Gasteiger partial charge in [-0.15, -0.1) is 11.3 Å². The summed E-state index contributed by atoms with van der Waals surface area (Å²) in [4.78, 5) is 28.8. The molecule has 0 saturated heterocycles. The van der Waals surface area contributed by atoms with Gasteiger partial charge in [0.15, 0.2) is 4.34 Å². The Labute approximate surface area is 197 Å². The van der Waals surface area contributed by atoms with Gasteiger partial charge in [-0.3, -0.25) is 4.79 Å². The van der Waals surface area contributed by atoms with Gasteiger partial charge in [0.25, 0.3) is 5.91 Å². The topological polar surface area (TPSA) is 80.7 Å². The molecule has 1 aromatic heterocycles. The van der Waals surface area contributed by atoms with Crippen molar-refractivity contribution in [2.24, 2.45) is 5.10 Å². The van der Waals surface area contributed by atoms with Crippen LogP contribution in [0, 0.1) is 0 Å². The van der Waals surface area contributed by atoms with Gasteiger partial charge in [0.2, 0.25) is 0 Å². The van der Waals surface area contributed by atoms with E-state index < -0.39 is 5.97 Å². The predicted molar refractivity (Wildman–Crippen MR) is 129 cm³/mol. The highest BCUT2D eigenvalue weighted by atomic mass is 35.5. The van der Waals surface area contributed by atoms with Crippen LogP contribution in [0.25, 0.3) is 10.2 Å². The zero-order valence-electron chi connectivity index (χ0n) is 16.5. The lowest BCUT2D eigenvalue weighted by molar-refractivity contribution is -0.118. The zero-order valence-corrected chi connectivity index (χ0v) is 18.9. The number of benzene rings is 3. The number of nitrogens with one attached hydrogen (secondary N) is 1. The first-order valence-electron chi connectivity index (χ1n) is 9.45. The molecule has 1 amide bonds. The van der Waals surface area contributed by atoms with E-state index in [9.17, 15) is 9.59 Å². The van der Waals surface area contributed by atoms with Gasteiger partial charge < -0.3 is 4.74 Å². The third-order valence-corrected chi connectivity index (χ3v) is 6.58. The molecule has 0 bridgehead atoms. The lowest BCUT2D eigenvalue weighted by atomic mass is 10.2. The maximum Gasteiger partial charge on any atom is 0.343 e. The van der Waals surface area contributed by atoms with E-state index in [-0.39, 0.29) is 11.7 Å². The summed E-state index contributed by atoms with van der Waals surface area (Å²) in [7, 11) is 0. The van der Waals surface area contributed by atoms with Gasteiger partial charge in [0.1, 0.15) is 5.75 Å². The molecule has 0 atom stereocenters. The summed E-state index contributed by atoms with van der Waals surface area (Å²) in [5.41, 5.74) is 4.49. The van der Waals surface area contributed by atoms with Crippen molar-refractivity contribution < 1.29 is 14.3 Å². The number of fused-ring (bicyclic) bond motifs is 1. The Morgan fingerprint density at radius 1 is 1.09 bits per heavy atom. The monoisotopic (exact) mass is 481 g/mol. The molecule has 0 saturated carbocycles. The van der Waals surface area contributed by atoms with Crippen LogP contribution in [0.2, 0.25) is 5.02 Å². The van der Waals surface area contributed by atoms with Crippen LogP contribution in [0.5, 0.6) is 5.75 Å². The number of thiazole rings is 1. The molecule has 0 spiro atoms. The molecule has 0 unspecified atom stereocenters. The minimum absolute atomic E-state index is 0.204. The Kier molecular flexibility index (Phi) is 7.16. The minimum atomic E-state index is -0.490. The number of nitrogens with zero attached hydrogens (tertiary/aromatic N) is 2. The third-order valence-electron chi connectivity index (χ3n) is 4.15. The summed E-state index contributed by atoms with van der Waals surface area (Å²) < 4.78 is 7.30. The molecule has 3 aromatic carbocycles. The molecule has 32 heavy (non-hydrogen) atoms. The number of hydrazone groups is 1. The fourth-order valence-corrected chi connectivity index (χ4v) is 4.65. The molecular formula is C23H16ClN3O3S2. The number of hydrogen-bond donors (Lipinski definition) is 1. The van der Waals surface area contributed by atoms with E-state index in [1.807, 2.05) is 24.3 Å². The number of esters is 1. The third kappa shape index (κ3) is 5.94. The van der Waals surface area contributed by atoms with E-state index in [1.54, 1.807) is 59.9 Å². The van der Waals surface area contributed by atoms with Crippen LogP contribution in [0.3, 0.4) is 0 Å². The molecular weight excluding hydrogens is 466 g/mol. The van der Waals surface area contributed by atoms with Crippen molar-refractivity contribution in [2.75, 3.05) is 5.75 Å². The van der Waals surface area contributed by atoms with E-state index in [0.717, 1.165) is 14.6 Å². The fourth-order valence-electron chi connectivity index (χ4n) is 2.66. The number of ether oxygens (including phenoxy) is 1. The average molecular weight is 482 g/mol. The Balaban J connectivity index is 1.28. The second kappa shape index (κ2) is 10.4. The number of amides is 1. The normalized spacial score (nSPS) is 11.0. The zero-order chi connectivity index (χ0) is 22.3. The van der Waals surface area contributed by atoms with Crippen LogP contribution >= 0.6 is 34.7 Å². The highest BCUT2D eigenvalue weighted by molar-refractivity contribution is 8.01. The van der Waals surface area contributed by atoms with Crippen molar-refractivity contribution in [1.82, 2.24) is 10.4 Å². The van der Waals surface area contributed by atoms with E-state index in [1.165, 1.54) is 18.0 Å². The maximum absolute atomic E-state index is 12.2. The number of thioether (sulfide) groups is 1. The van der Waals surface area contributed by atoms with Crippen LogP contribution in [-0.4, -0.2) is 28.8 Å². The number of hydrogen-bond acceptors (Lipinski definition) is 7. The van der Waals surface area contributed by atoms with Crippen molar-refractivity contribution in [1.29, 1.82) is 0 Å². The molecule has 160 valence electrons. The Hall–Kier alpha value is -3.20. The van der Waals surface area contributed by atoms with Gasteiger partial charge in [-0.1, -0.05) is 47.6 Å². The van der Waals surface area contributed by atoms with Crippen LogP contribution < -0.4 is 10.2 Å². The Morgan fingerprint density at radius 3 is 2.72 bits per heavy atom. The van der Waals surface area contributed by atoms with Crippen molar-refractivity contribution in [3.63, 3.8) is 0 Å². The van der Waals surface area contributed by atoms with Gasteiger partial charge in [0, 0.05) is 5.02 Å². The lowest BCUT2D eigenvalue weighted by Crippen LogP contribution is -2.19. The highest BCUT2D eigenvalue weighted by Crippen LogP contribution is 2.29. The number of carbonyl (C=O) groups is 2. The minimum Gasteiger partial charge on any atom is -0.423 e. The molecule has 1 N–H and O–H groups in total. The SMILES string of the molecule is O=C(CSc1nc2ccccc2s1)N/N=C\c1cccc(OC(=O)c2ccc(Cl)cc2)c1.